The average molecular weight is 393 g/mol. The molecule has 2 bridgehead atoms. The van der Waals surface area contributed by atoms with Gasteiger partial charge in [0.05, 0.1) is 12.9 Å². The molecule has 0 N–H and O–H groups in total. The van der Waals surface area contributed by atoms with Crippen LogP contribution in [0, 0.1) is 23.2 Å². The summed E-state index contributed by atoms with van der Waals surface area (Å²) in [5, 5.41) is 0.0777. The SMILES string of the molecule is COC(=O)[C@]12C(=O)O[C@@H](C=C1C)[C@@H]1[C@H](C)CC(O[Si](C)(C)C(C)(C)C)=C[C@@H]12. The van der Waals surface area contributed by atoms with Crippen LogP contribution in [0.3, 0.4) is 0 Å². The molecule has 4 rings (SSSR count). The highest BCUT2D eigenvalue weighted by molar-refractivity contribution is 6.74. The highest BCUT2D eigenvalue weighted by Crippen LogP contribution is 2.57. The predicted octanol–water partition coefficient (Wildman–Crippen LogP) is 4.21. The van der Waals surface area contributed by atoms with E-state index < -0.39 is 25.7 Å². The molecule has 27 heavy (non-hydrogen) atoms. The summed E-state index contributed by atoms with van der Waals surface area (Å²) in [5.41, 5.74) is -0.654. The number of hydrogen-bond donors (Lipinski definition) is 0. The first-order valence-electron chi connectivity index (χ1n) is 9.74. The maximum absolute atomic E-state index is 12.9. The van der Waals surface area contributed by atoms with Crippen molar-refractivity contribution in [2.24, 2.45) is 23.2 Å². The fourth-order valence-electron chi connectivity index (χ4n) is 4.60. The van der Waals surface area contributed by atoms with Crippen LogP contribution in [0.1, 0.15) is 41.0 Å². The third kappa shape index (κ3) is 2.79. The molecule has 0 saturated carbocycles. The zero-order chi connectivity index (χ0) is 20.4. The van der Waals surface area contributed by atoms with Crippen molar-refractivity contribution < 1.29 is 23.5 Å². The summed E-state index contributed by atoms with van der Waals surface area (Å²) >= 11 is 0. The Bertz CT molecular complexity index is 729. The number of hydrogen-bond acceptors (Lipinski definition) is 5. The van der Waals surface area contributed by atoms with E-state index >= 15 is 0 Å². The highest BCUT2D eigenvalue weighted by Gasteiger charge is 2.67. The minimum atomic E-state index is -2.01. The number of esters is 2. The number of carbonyl (C=O) groups is 2. The maximum atomic E-state index is 12.9. The minimum absolute atomic E-state index is 0.0669. The lowest BCUT2D eigenvalue weighted by Crippen LogP contribution is -2.62. The highest BCUT2D eigenvalue weighted by atomic mass is 28.4. The van der Waals surface area contributed by atoms with Crippen LogP contribution in [0.5, 0.6) is 0 Å². The molecule has 0 aromatic heterocycles. The lowest BCUT2D eigenvalue weighted by Gasteiger charge is -2.54. The molecule has 0 radical (unpaired) electrons. The van der Waals surface area contributed by atoms with Gasteiger partial charge in [-0.3, -0.25) is 9.59 Å². The Hall–Kier alpha value is -1.56. The van der Waals surface area contributed by atoms with Gasteiger partial charge >= 0.3 is 11.9 Å². The van der Waals surface area contributed by atoms with Gasteiger partial charge in [0.25, 0.3) is 0 Å². The molecule has 2 heterocycles. The summed E-state index contributed by atoms with van der Waals surface area (Å²) in [6.45, 7) is 15.0. The lowest BCUT2D eigenvalue weighted by atomic mass is 9.54. The summed E-state index contributed by atoms with van der Waals surface area (Å²) in [5.74, 6) is -0.0935. The standard InChI is InChI=1S/C21H32O5Si/c1-12-9-14(26-27(7,8)20(3,4)5)11-15-17(12)16-10-13(2)21(15,18(22)24-6)19(23)25-16/h10-12,15-17H,9H2,1-8H3/t12-,15+,16+,17-,21+/m1/s1. The van der Waals surface area contributed by atoms with E-state index in [-0.39, 0.29) is 28.9 Å². The summed E-state index contributed by atoms with van der Waals surface area (Å²) < 4.78 is 17.3. The topological polar surface area (TPSA) is 61.8 Å². The quantitative estimate of drug-likeness (QED) is 0.312. The first-order valence-corrected chi connectivity index (χ1v) is 12.6. The number of rotatable bonds is 3. The van der Waals surface area contributed by atoms with Crippen LogP contribution in [0.15, 0.2) is 23.5 Å². The van der Waals surface area contributed by atoms with Crippen LogP contribution in [0.4, 0.5) is 0 Å². The molecule has 5 nitrogen and oxygen atoms in total. The van der Waals surface area contributed by atoms with Crippen molar-refractivity contribution in [2.75, 3.05) is 7.11 Å². The van der Waals surface area contributed by atoms with E-state index in [4.69, 9.17) is 13.9 Å². The zero-order valence-electron chi connectivity index (χ0n) is 17.7. The summed E-state index contributed by atoms with van der Waals surface area (Å²) in [6.07, 6.45) is 4.48. The number of fused-ring (bicyclic) bond motifs is 1. The third-order valence-corrected chi connectivity index (χ3v) is 11.5. The van der Waals surface area contributed by atoms with Gasteiger partial charge < -0.3 is 13.9 Å². The van der Waals surface area contributed by atoms with E-state index in [2.05, 4.69) is 40.8 Å². The molecular formula is C21H32O5Si. The van der Waals surface area contributed by atoms with Crippen LogP contribution >= 0.6 is 0 Å². The number of ether oxygens (including phenoxy) is 2. The molecule has 5 atom stereocenters. The molecule has 0 aromatic rings. The fraction of sp³-hybridized carbons (Fsp3) is 0.714. The van der Waals surface area contributed by atoms with Crippen LogP contribution in [0.2, 0.25) is 18.1 Å². The summed E-state index contributed by atoms with van der Waals surface area (Å²) in [6, 6.07) is 0. The molecule has 0 aromatic carbocycles. The molecule has 150 valence electrons. The number of allylic oxidation sites excluding steroid dienone is 2. The number of carbonyl (C=O) groups excluding carboxylic acids is 2. The van der Waals surface area contributed by atoms with Gasteiger partial charge in [-0.2, -0.15) is 0 Å². The van der Waals surface area contributed by atoms with Gasteiger partial charge in [-0.05, 0) is 48.7 Å². The second-order valence-electron chi connectivity index (χ2n) is 9.80. The summed E-state index contributed by atoms with van der Waals surface area (Å²) in [4.78, 5) is 25.7. The van der Waals surface area contributed by atoms with Crippen molar-refractivity contribution in [1.29, 1.82) is 0 Å². The van der Waals surface area contributed by atoms with Crippen molar-refractivity contribution in [2.45, 2.75) is 65.3 Å². The average Bonchev–Trinajstić information content (AvgIpc) is 2.52. The maximum Gasteiger partial charge on any atom is 0.328 e. The second kappa shape index (κ2) is 6.22. The third-order valence-electron chi connectivity index (χ3n) is 7.14. The molecule has 2 aliphatic heterocycles. The van der Waals surface area contributed by atoms with Gasteiger partial charge in [0.2, 0.25) is 8.32 Å². The van der Waals surface area contributed by atoms with Crippen LogP contribution in [-0.4, -0.2) is 33.5 Å². The zero-order valence-corrected chi connectivity index (χ0v) is 18.7. The van der Waals surface area contributed by atoms with E-state index in [9.17, 15) is 9.59 Å². The molecule has 0 unspecified atom stereocenters. The molecule has 0 spiro atoms. The van der Waals surface area contributed by atoms with Crippen LogP contribution < -0.4 is 0 Å². The molecule has 1 fully saturated rings. The first-order chi connectivity index (χ1) is 12.4. The van der Waals surface area contributed by atoms with Crippen molar-refractivity contribution in [1.82, 2.24) is 0 Å². The first kappa shape index (κ1) is 20.2. The van der Waals surface area contributed by atoms with E-state index in [1.165, 1.54) is 7.11 Å². The van der Waals surface area contributed by atoms with Gasteiger partial charge in [-0.25, -0.2) is 0 Å². The van der Waals surface area contributed by atoms with Crippen LogP contribution in [-0.2, 0) is 23.5 Å². The molecule has 1 saturated heterocycles. The van der Waals surface area contributed by atoms with E-state index in [0.717, 1.165) is 17.8 Å². The van der Waals surface area contributed by atoms with Crippen molar-refractivity contribution >= 4 is 20.3 Å². The molecule has 0 amide bonds. The molecule has 6 heteroatoms. The fourth-order valence-corrected chi connectivity index (χ4v) is 5.72. The van der Waals surface area contributed by atoms with Gasteiger partial charge in [0, 0.05) is 18.3 Å². The Kier molecular flexibility index (Phi) is 4.65. The number of methoxy groups -OCH3 is 1. The van der Waals surface area contributed by atoms with Gasteiger partial charge in [0.1, 0.15) is 6.10 Å². The van der Waals surface area contributed by atoms with E-state index in [1.807, 2.05) is 19.1 Å². The Balaban J connectivity index is 2.08. The minimum Gasteiger partial charge on any atom is -0.547 e. The Morgan fingerprint density at radius 3 is 2.44 bits per heavy atom. The van der Waals surface area contributed by atoms with Gasteiger partial charge in [-0.15, -0.1) is 0 Å². The molecule has 4 aliphatic rings. The smallest absolute Gasteiger partial charge is 0.328 e. The normalized spacial score (nSPS) is 35.6. The monoisotopic (exact) mass is 392 g/mol. The van der Waals surface area contributed by atoms with E-state index in [1.54, 1.807) is 0 Å². The largest absolute Gasteiger partial charge is 0.547 e. The second-order valence-corrected chi connectivity index (χ2v) is 14.5. The molecule has 2 aliphatic carbocycles. The van der Waals surface area contributed by atoms with Crippen molar-refractivity contribution in [3.63, 3.8) is 0 Å². The molecular weight excluding hydrogens is 360 g/mol. The van der Waals surface area contributed by atoms with Crippen LogP contribution in [0.25, 0.3) is 0 Å². The Labute approximate surface area is 163 Å². The van der Waals surface area contributed by atoms with E-state index in [0.29, 0.717) is 0 Å². The Morgan fingerprint density at radius 1 is 1.30 bits per heavy atom. The Morgan fingerprint density at radius 2 is 1.93 bits per heavy atom. The van der Waals surface area contributed by atoms with Gasteiger partial charge in [-0.1, -0.05) is 27.7 Å². The van der Waals surface area contributed by atoms with Crippen molar-refractivity contribution in [3.8, 4) is 0 Å². The van der Waals surface area contributed by atoms with Gasteiger partial charge in [0.15, 0.2) is 5.41 Å². The lowest BCUT2D eigenvalue weighted by molar-refractivity contribution is -0.193. The summed E-state index contributed by atoms with van der Waals surface area (Å²) in [7, 11) is -0.679. The van der Waals surface area contributed by atoms with Crippen molar-refractivity contribution in [3.05, 3.63) is 23.5 Å². The predicted molar refractivity (Wildman–Crippen MR) is 105 cm³/mol.